The molecule has 1 N–H and O–H groups in total. The van der Waals surface area contributed by atoms with E-state index in [-0.39, 0.29) is 16.3 Å². The largest absolute Gasteiger partial charge is 0.276 e. The average Bonchev–Trinajstić information content (AvgIpc) is 3.11. The average molecular weight is 464 g/mol. The molecule has 0 aliphatic heterocycles. The van der Waals surface area contributed by atoms with E-state index in [1.807, 2.05) is 0 Å². The summed E-state index contributed by atoms with van der Waals surface area (Å²) >= 11 is 5.89. The van der Waals surface area contributed by atoms with Crippen molar-refractivity contribution in [2.75, 3.05) is 4.83 Å². The normalized spacial score (nSPS) is 11.5. The molecule has 0 saturated heterocycles. The lowest BCUT2D eigenvalue weighted by Crippen LogP contribution is -2.25. The fourth-order valence-corrected chi connectivity index (χ4v) is 4.06. The number of nitrogens with one attached hydrogen (secondary N) is 1. The van der Waals surface area contributed by atoms with Crippen LogP contribution < -0.4 is 4.83 Å². The molecule has 0 amide bonds. The standard InChI is InChI=1S/C21H13ClF3N3O2S/c22-14-8-6-13(7-9-14)19-12-20(21-17(24)10-15(23)11-18(21)25)28(26-19)27-31(29,30)16-4-2-1-3-5-16/h1-12,27H. The van der Waals surface area contributed by atoms with Gasteiger partial charge in [-0.3, -0.25) is 0 Å². The summed E-state index contributed by atoms with van der Waals surface area (Å²) in [7, 11) is -4.14. The maximum Gasteiger partial charge on any atom is 0.276 e. The molecule has 4 aromatic rings. The molecule has 10 heteroatoms. The Hall–Kier alpha value is -3.30. The van der Waals surface area contributed by atoms with E-state index in [0.717, 1.165) is 4.79 Å². The van der Waals surface area contributed by atoms with Crippen molar-refractivity contribution in [2.24, 2.45) is 0 Å². The van der Waals surface area contributed by atoms with E-state index in [4.69, 9.17) is 11.6 Å². The van der Waals surface area contributed by atoms with Crippen molar-refractivity contribution < 1.29 is 21.6 Å². The molecule has 31 heavy (non-hydrogen) atoms. The lowest BCUT2D eigenvalue weighted by Gasteiger charge is -2.12. The van der Waals surface area contributed by atoms with Crippen LogP contribution in [0.15, 0.2) is 77.7 Å². The summed E-state index contributed by atoms with van der Waals surface area (Å²) in [5, 5.41) is 4.62. The zero-order valence-corrected chi connectivity index (χ0v) is 17.1. The first-order valence-corrected chi connectivity index (χ1v) is 10.7. The molecule has 0 aliphatic rings. The Morgan fingerprint density at radius 3 is 2.10 bits per heavy atom. The predicted octanol–water partition coefficient (Wildman–Crippen LogP) is 5.22. The van der Waals surface area contributed by atoms with Gasteiger partial charge < -0.3 is 0 Å². The van der Waals surface area contributed by atoms with Crippen molar-refractivity contribution in [1.29, 1.82) is 0 Å². The van der Waals surface area contributed by atoms with Crippen LogP contribution in [0.1, 0.15) is 0 Å². The Morgan fingerprint density at radius 1 is 0.871 bits per heavy atom. The summed E-state index contributed by atoms with van der Waals surface area (Å²) in [6.45, 7) is 0. The summed E-state index contributed by atoms with van der Waals surface area (Å²) in [6.07, 6.45) is 0. The van der Waals surface area contributed by atoms with Gasteiger partial charge in [-0.2, -0.15) is 23.1 Å². The second kappa shape index (κ2) is 8.09. The third kappa shape index (κ3) is 4.28. The van der Waals surface area contributed by atoms with Crippen LogP contribution in [0.25, 0.3) is 22.5 Å². The highest BCUT2D eigenvalue weighted by atomic mass is 35.5. The van der Waals surface area contributed by atoms with Crippen molar-refractivity contribution in [1.82, 2.24) is 9.89 Å². The first-order chi connectivity index (χ1) is 14.7. The topological polar surface area (TPSA) is 64.0 Å². The van der Waals surface area contributed by atoms with Crippen molar-refractivity contribution in [3.05, 3.63) is 95.3 Å². The molecule has 0 unspecified atom stereocenters. The molecule has 1 aromatic heterocycles. The highest BCUT2D eigenvalue weighted by Gasteiger charge is 2.23. The summed E-state index contributed by atoms with van der Waals surface area (Å²) in [4.78, 5) is 2.86. The molecule has 0 atom stereocenters. The van der Waals surface area contributed by atoms with Gasteiger partial charge in [0.1, 0.15) is 17.5 Å². The number of hydrogen-bond donors (Lipinski definition) is 1. The number of nitrogens with zero attached hydrogens (tertiary/aromatic N) is 2. The van der Waals surface area contributed by atoms with E-state index in [1.165, 1.54) is 30.3 Å². The molecule has 4 rings (SSSR count). The van der Waals surface area contributed by atoms with E-state index in [0.29, 0.717) is 22.7 Å². The van der Waals surface area contributed by atoms with Crippen LogP contribution in [-0.2, 0) is 10.0 Å². The molecule has 5 nitrogen and oxygen atoms in total. The zero-order chi connectivity index (χ0) is 22.2. The highest BCUT2D eigenvalue weighted by Crippen LogP contribution is 2.31. The molecule has 0 aliphatic carbocycles. The first kappa shape index (κ1) is 21.0. The van der Waals surface area contributed by atoms with Crippen molar-refractivity contribution >= 4 is 21.6 Å². The summed E-state index contributed by atoms with van der Waals surface area (Å²) in [5.41, 5.74) is -0.152. The van der Waals surface area contributed by atoms with E-state index in [2.05, 4.69) is 9.93 Å². The SMILES string of the molecule is O=S(=O)(Nn1nc(-c2ccc(Cl)cc2)cc1-c1c(F)cc(F)cc1F)c1ccccc1. The Bertz CT molecular complexity index is 1340. The van der Waals surface area contributed by atoms with Crippen LogP contribution in [0.3, 0.4) is 0 Å². The monoisotopic (exact) mass is 463 g/mol. The van der Waals surface area contributed by atoms with E-state index in [9.17, 15) is 21.6 Å². The van der Waals surface area contributed by atoms with Gasteiger partial charge in [0.05, 0.1) is 21.8 Å². The van der Waals surface area contributed by atoms with Gasteiger partial charge in [0.25, 0.3) is 10.0 Å². The number of hydrogen-bond acceptors (Lipinski definition) is 3. The molecular formula is C21H13ClF3N3O2S. The van der Waals surface area contributed by atoms with Gasteiger partial charge in [0, 0.05) is 22.7 Å². The zero-order valence-electron chi connectivity index (χ0n) is 15.6. The smallest absolute Gasteiger partial charge is 0.207 e. The van der Waals surface area contributed by atoms with Crippen LogP contribution in [0, 0.1) is 17.5 Å². The minimum absolute atomic E-state index is 0.0791. The summed E-state index contributed by atoms with van der Waals surface area (Å²) in [5.74, 6) is -3.52. The number of benzene rings is 3. The lowest BCUT2D eigenvalue weighted by molar-refractivity contribution is 0.545. The number of sulfonamides is 1. The van der Waals surface area contributed by atoms with Crippen LogP contribution in [0.4, 0.5) is 13.2 Å². The van der Waals surface area contributed by atoms with Gasteiger partial charge in [-0.25, -0.2) is 13.2 Å². The summed E-state index contributed by atoms with van der Waals surface area (Å²) in [6, 6.07) is 16.1. The third-order valence-electron chi connectivity index (χ3n) is 4.37. The Balaban J connectivity index is 1.88. The van der Waals surface area contributed by atoms with Crippen LogP contribution in [0.5, 0.6) is 0 Å². The second-order valence-electron chi connectivity index (χ2n) is 6.49. The molecule has 0 bridgehead atoms. The lowest BCUT2D eigenvalue weighted by atomic mass is 10.1. The molecule has 3 aromatic carbocycles. The molecule has 0 radical (unpaired) electrons. The van der Waals surface area contributed by atoms with E-state index >= 15 is 0 Å². The molecule has 158 valence electrons. The molecular weight excluding hydrogens is 451 g/mol. The third-order valence-corrected chi connectivity index (χ3v) is 5.93. The van der Waals surface area contributed by atoms with Crippen molar-refractivity contribution in [2.45, 2.75) is 4.90 Å². The van der Waals surface area contributed by atoms with Gasteiger partial charge >= 0.3 is 0 Å². The van der Waals surface area contributed by atoms with Crippen molar-refractivity contribution in [3.63, 3.8) is 0 Å². The maximum absolute atomic E-state index is 14.5. The van der Waals surface area contributed by atoms with Crippen LogP contribution in [0.2, 0.25) is 5.02 Å². The van der Waals surface area contributed by atoms with Crippen LogP contribution >= 0.6 is 11.6 Å². The number of halogens is 4. The minimum Gasteiger partial charge on any atom is -0.207 e. The quantitative estimate of drug-likeness (QED) is 0.441. The highest BCUT2D eigenvalue weighted by molar-refractivity contribution is 7.92. The van der Waals surface area contributed by atoms with Gasteiger partial charge in [-0.1, -0.05) is 41.9 Å². The second-order valence-corrected chi connectivity index (χ2v) is 8.58. The van der Waals surface area contributed by atoms with Gasteiger partial charge in [0.2, 0.25) is 0 Å². The Labute approximate surface area is 180 Å². The van der Waals surface area contributed by atoms with Gasteiger partial charge in [-0.05, 0) is 30.3 Å². The van der Waals surface area contributed by atoms with Crippen molar-refractivity contribution in [3.8, 4) is 22.5 Å². The molecule has 1 heterocycles. The molecule has 0 saturated carbocycles. The fourth-order valence-electron chi connectivity index (χ4n) is 2.94. The first-order valence-electron chi connectivity index (χ1n) is 8.83. The molecule has 0 fully saturated rings. The van der Waals surface area contributed by atoms with Gasteiger partial charge in [-0.15, -0.1) is 0 Å². The Kier molecular flexibility index (Phi) is 5.47. The molecule has 0 spiro atoms. The minimum atomic E-state index is -4.14. The summed E-state index contributed by atoms with van der Waals surface area (Å²) < 4.78 is 67.9. The van der Waals surface area contributed by atoms with Gasteiger partial charge in [0.15, 0.2) is 0 Å². The fraction of sp³-hybridized carbons (Fsp3) is 0. The number of aromatic nitrogens is 2. The van der Waals surface area contributed by atoms with Crippen LogP contribution in [-0.4, -0.2) is 18.3 Å². The van der Waals surface area contributed by atoms with E-state index in [1.54, 1.807) is 30.3 Å². The predicted molar refractivity (Wildman–Crippen MR) is 111 cm³/mol. The maximum atomic E-state index is 14.5. The van der Waals surface area contributed by atoms with E-state index < -0.39 is 33.0 Å². The Morgan fingerprint density at radius 2 is 1.48 bits per heavy atom. The number of rotatable bonds is 5.